The number of alkyl halides is 3. The maximum atomic E-state index is 12.6. The minimum atomic E-state index is -4.42. The Balaban J connectivity index is 2.01. The number of anilines is 1. The highest BCUT2D eigenvalue weighted by atomic mass is 19.4. The van der Waals surface area contributed by atoms with Gasteiger partial charge in [-0.2, -0.15) is 13.2 Å². The Labute approximate surface area is 115 Å². The molecule has 1 saturated carbocycles. The van der Waals surface area contributed by atoms with Crippen molar-refractivity contribution in [3.8, 4) is 0 Å². The second-order valence-electron chi connectivity index (χ2n) is 5.37. The van der Waals surface area contributed by atoms with Gasteiger partial charge in [-0.3, -0.25) is 4.79 Å². The Morgan fingerprint density at radius 2 is 1.95 bits per heavy atom. The van der Waals surface area contributed by atoms with E-state index in [9.17, 15) is 18.0 Å². The van der Waals surface area contributed by atoms with Crippen LogP contribution in [-0.4, -0.2) is 11.4 Å². The topological polar surface area (TPSA) is 55.1 Å². The van der Waals surface area contributed by atoms with Crippen LogP contribution in [0.5, 0.6) is 0 Å². The van der Waals surface area contributed by atoms with Crippen LogP contribution in [0.2, 0.25) is 0 Å². The van der Waals surface area contributed by atoms with Gasteiger partial charge < -0.3 is 11.1 Å². The average Bonchev–Trinajstić information content (AvgIpc) is 2.74. The lowest BCUT2D eigenvalue weighted by atomic mass is 9.94. The van der Waals surface area contributed by atoms with Gasteiger partial charge in [0.15, 0.2) is 0 Å². The Kier molecular flexibility index (Phi) is 4.04. The molecule has 1 aromatic carbocycles. The first kappa shape index (κ1) is 14.8. The molecular weight excluding hydrogens is 269 g/mol. The zero-order chi connectivity index (χ0) is 14.8. The number of nitrogens with two attached hydrogens (primary N) is 1. The van der Waals surface area contributed by atoms with E-state index in [-0.39, 0.29) is 18.0 Å². The van der Waals surface area contributed by atoms with Crippen molar-refractivity contribution < 1.29 is 18.0 Å². The third-order valence-corrected chi connectivity index (χ3v) is 3.59. The van der Waals surface area contributed by atoms with Gasteiger partial charge in [0, 0.05) is 17.6 Å². The molecule has 1 aliphatic carbocycles. The van der Waals surface area contributed by atoms with Gasteiger partial charge >= 0.3 is 6.18 Å². The molecule has 1 aliphatic rings. The summed E-state index contributed by atoms with van der Waals surface area (Å²) in [6.07, 6.45) is -0.725. The van der Waals surface area contributed by atoms with E-state index in [0.717, 1.165) is 37.8 Å². The van der Waals surface area contributed by atoms with Gasteiger partial charge in [0.1, 0.15) is 0 Å². The fraction of sp³-hybridized carbons (Fsp3) is 0.500. The van der Waals surface area contributed by atoms with Crippen LogP contribution in [0.15, 0.2) is 24.3 Å². The van der Waals surface area contributed by atoms with Gasteiger partial charge in [0.2, 0.25) is 5.91 Å². The molecule has 0 saturated heterocycles. The normalized spacial score (nSPS) is 18.0. The summed E-state index contributed by atoms with van der Waals surface area (Å²) in [5.74, 6) is -0.339. The first-order chi connectivity index (χ1) is 9.28. The summed E-state index contributed by atoms with van der Waals surface area (Å²) in [5.41, 5.74) is 4.93. The first-order valence-corrected chi connectivity index (χ1v) is 6.55. The van der Waals surface area contributed by atoms with Gasteiger partial charge in [0.25, 0.3) is 0 Å². The van der Waals surface area contributed by atoms with Crippen LogP contribution >= 0.6 is 0 Å². The average molecular weight is 286 g/mol. The van der Waals surface area contributed by atoms with Crippen LogP contribution in [0.25, 0.3) is 0 Å². The van der Waals surface area contributed by atoms with Gasteiger partial charge in [-0.05, 0) is 31.0 Å². The van der Waals surface area contributed by atoms with Gasteiger partial charge in [-0.1, -0.05) is 18.9 Å². The maximum Gasteiger partial charge on any atom is 0.416 e. The smallest absolute Gasteiger partial charge is 0.326 e. The molecule has 0 heterocycles. The Hall–Kier alpha value is -1.56. The van der Waals surface area contributed by atoms with E-state index in [1.807, 2.05) is 0 Å². The second kappa shape index (κ2) is 5.44. The number of rotatable bonds is 3. The molecule has 1 amide bonds. The Bertz CT molecular complexity index is 493. The molecule has 0 unspecified atom stereocenters. The lowest BCUT2D eigenvalue weighted by molar-refractivity contribution is -0.137. The Morgan fingerprint density at radius 3 is 2.55 bits per heavy atom. The highest BCUT2D eigenvalue weighted by molar-refractivity contribution is 5.91. The fourth-order valence-electron chi connectivity index (χ4n) is 2.55. The third-order valence-electron chi connectivity index (χ3n) is 3.59. The van der Waals surface area contributed by atoms with E-state index in [1.54, 1.807) is 0 Å². The van der Waals surface area contributed by atoms with Gasteiger partial charge in [-0.25, -0.2) is 0 Å². The number of hydrogen-bond acceptors (Lipinski definition) is 2. The minimum Gasteiger partial charge on any atom is -0.326 e. The van der Waals surface area contributed by atoms with E-state index < -0.39 is 17.3 Å². The predicted molar refractivity (Wildman–Crippen MR) is 70.1 cm³/mol. The number of benzene rings is 1. The van der Waals surface area contributed by atoms with Gasteiger partial charge in [0.05, 0.1) is 5.56 Å². The molecule has 0 aromatic heterocycles. The minimum absolute atomic E-state index is 0.142. The molecule has 1 fully saturated rings. The summed E-state index contributed by atoms with van der Waals surface area (Å²) in [7, 11) is 0. The van der Waals surface area contributed by atoms with Crippen molar-refractivity contribution in [3.05, 3.63) is 29.8 Å². The summed E-state index contributed by atoms with van der Waals surface area (Å²) in [4.78, 5) is 11.9. The molecule has 0 radical (unpaired) electrons. The molecule has 6 heteroatoms. The third kappa shape index (κ3) is 3.72. The van der Waals surface area contributed by atoms with Crippen molar-refractivity contribution in [2.45, 2.75) is 43.8 Å². The summed E-state index contributed by atoms with van der Waals surface area (Å²) < 4.78 is 37.7. The van der Waals surface area contributed by atoms with Crippen LogP contribution in [0.1, 0.15) is 37.7 Å². The zero-order valence-corrected chi connectivity index (χ0v) is 11.0. The number of hydrogen-bond donors (Lipinski definition) is 2. The van der Waals surface area contributed by atoms with E-state index in [2.05, 4.69) is 5.32 Å². The van der Waals surface area contributed by atoms with Crippen LogP contribution < -0.4 is 11.1 Å². The van der Waals surface area contributed by atoms with Crippen LogP contribution in [0, 0.1) is 0 Å². The van der Waals surface area contributed by atoms with E-state index in [4.69, 9.17) is 5.73 Å². The zero-order valence-electron chi connectivity index (χ0n) is 11.0. The van der Waals surface area contributed by atoms with Crippen molar-refractivity contribution in [3.63, 3.8) is 0 Å². The quantitative estimate of drug-likeness (QED) is 0.895. The maximum absolute atomic E-state index is 12.6. The molecule has 3 nitrogen and oxygen atoms in total. The Morgan fingerprint density at radius 1 is 1.30 bits per heavy atom. The molecule has 0 atom stereocenters. The van der Waals surface area contributed by atoms with E-state index >= 15 is 0 Å². The largest absolute Gasteiger partial charge is 0.416 e. The predicted octanol–water partition coefficient (Wildman–Crippen LogP) is 3.31. The summed E-state index contributed by atoms with van der Waals surface area (Å²) in [6.45, 7) is 0. The molecule has 0 spiro atoms. The number of halogens is 3. The summed E-state index contributed by atoms with van der Waals surface area (Å²) in [5, 5.41) is 2.49. The standard InChI is InChI=1S/C14H17F3N2O/c15-14(16,17)10-4-3-5-11(8-10)19-12(20)9-13(18)6-1-2-7-13/h3-5,8H,1-2,6-7,9,18H2,(H,19,20). The molecule has 3 N–H and O–H groups in total. The van der Waals surface area contributed by atoms with Crippen molar-refractivity contribution in [2.75, 3.05) is 5.32 Å². The molecule has 0 aliphatic heterocycles. The fourth-order valence-corrected chi connectivity index (χ4v) is 2.55. The highest BCUT2D eigenvalue weighted by Gasteiger charge is 2.32. The number of amides is 1. The molecule has 2 rings (SSSR count). The number of nitrogens with one attached hydrogen (secondary N) is 1. The lowest BCUT2D eigenvalue weighted by Crippen LogP contribution is -2.40. The molecule has 20 heavy (non-hydrogen) atoms. The van der Waals surface area contributed by atoms with E-state index in [1.165, 1.54) is 12.1 Å². The first-order valence-electron chi connectivity index (χ1n) is 6.55. The van der Waals surface area contributed by atoms with Crippen molar-refractivity contribution in [2.24, 2.45) is 5.73 Å². The van der Waals surface area contributed by atoms with E-state index in [0.29, 0.717) is 0 Å². The molecule has 0 bridgehead atoms. The molecule has 110 valence electrons. The summed E-state index contributed by atoms with van der Waals surface area (Å²) >= 11 is 0. The van der Waals surface area contributed by atoms with Crippen LogP contribution in [0.3, 0.4) is 0 Å². The van der Waals surface area contributed by atoms with Crippen molar-refractivity contribution in [1.82, 2.24) is 0 Å². The second-order valence-corrected chi connectivity index (χ2v) is 5.37. The molecule has 1 aromatic rings. The monoisotopic (exact) mass is 286 g/mol. The van der Waals surface area contributed by atoms with Crippen molar-refractivity contribution in [1.29, 1.82) is 0 Å². The van der Waals surface area contributed by atoms with Crippen LogP contribution in [0.4, 0.5) is 18.9 Å². The SMILES string of the molecule is NC1(CC(=O)Nc2cccc(C(F)(F)F)c2)CCCC1. The highest BCUT2D eigenvalue weighted by Crippen LogP contribution is 2.32. The summed E-state index contributed by atoms with van der Waals surface area (Å²) in [6, 6.07) is 4.60. The number of carbonyl (C=O) groups excluding carboxylic acids is 1. The number of carbonyl (C=O) groups is 1. The van der Waals surface area contributed by atoms with Crippen LogP contribution in [-0.2, 0) is 11.0 Å². The molecular formula is C14H17F3N2O. The van der Waals surface area contributed by atoms with Crippen molar-refractivity contribution >= 4 is 11.6 Å². The lowest BCUT2D eigenvalue weighted by Gasteiger charge is -2.22. The van der Waals surface area contributed by atoms with Gasteiger partial charge in [-0.15, -0.1) is 0 Å².